The average Bonchev–Trinajstić information content (AvgIpc) is 3.20. The number of alkyl halides is 3. The Morgan fingerprint density at radius 3 is 2.50 bits per heavy atom. The molecule has 0 spiro atoms. The van der Waals surface area contributed by atoms with Crippen molar-refractivity contribution >= 4 is 28.9 Å². The number of carbonyl (C=O) groups is 1. The molecule has 1 heterocycles. The number of amidine groups is 1. The van der Waals surface area contributed by atoms with Gasteiger partial charge in [-0.25, -0.2) is 0 Å². The number of carbonyl (C=O) groups excluding carboxylic acids is 1. The summed E-state index contributed by atoms with van der Waals surface area (Å²) in [4.78, 5) is 19.3. The number of nitrogens with one attached hydrogen (secondary N) is 1. The number of hydrogen-bond donors (Lipinski definition) is 1. The van der Waals surface area contributed by atoms with Gasteiger partial charge >= 0.3 is 6.18 Å². The zero-order valence-electron chi connectivity index (χ0n) is 20.0. The molecule has 0 aliphatic carbocycles. The fourth-order valence-electron chi connectivity index (χ4n) is 3.43. The van der Waals surface area contributed by atoms with Gasteiger partial charge in [-0.15, -0.1) is 0 Å². The molecule has 2 aromatic rings. The van der Waals surface area contributed by atoms with E-state index in [0.717, 1.165) is 43.5 Å². The Hall–Kier alpha value is -3.49. The second-order valence-electron chi connectivity index (χ2n) is 7.61. The van der Waals surface area contributed by atoms with Crippen molar-refractivity contribution in [1.29, 1.82) is 5.26 Å². The number of benzene rings is 2. The van der Waals surface area contributed by atoms with Crippen LogP contribution in [0.5, 0.6) is 17.2 Å². The highest BCUT2D eigenvalue weighted by atomic mass is 32.2. The van der Waals surface area contributed by atoms with E-state index >= 15 is 0 Å². The van der Waals surface area contributed by atoms with Gasteiger partial charge in [-0.3, -0.25) is 9.79 Å². The minimum absolute atomic E-state index is 0.0660. The first-order valence-corrected chi connectivity index (χ1v) is 11.9. The van der Waals surface area contributed by atoms with Crippen molar-refractivity contribution in [3.8, 4) is 23.3 Å². The predicted molar refractivity (Wildman–Crippen MR) is 133 cm³/mol. The van der Waals surface area contributed by atoms with Crippen molar-refractivity contribution in [2.45, 2.75) is 20.0 Å². The summed E-state index contributed by atoms with van der Waals surface area (Å²) in [6.07, 6.45) is -2.96. The lowest BCUT2D eigenvalue weighted by Gasteiger charge is -2.16. The summed E-state index contributed by atoms with van der Waals surface area (Å²) in [6, 6.07) is 9.50. The fraction of sp³-hybridized carbons (Fsp3) is 0.320. The number of hydrogen-bond acceptors (Lipinski definition) is 7. The summed E-state index contributed by atoms with van der Waals surface area (Å²) >= 11 is 1.01. The van der Waals surface area contributed by atoms with E-state index in [-0.39, 0.29) is 22.3 Å². The van der Waals surface area contributed by atoms with Gasteiger partial charge in [0.05, 0.1) is 35.8 Å². The van der Waals surface area contributed by atoms with Crippen molar-refractivity contribution in [2.75, 3.05) is 33.3 Å². The van der Waals surface area contributed by atoms with Gasteiger partial charge in [-0.1, -0.05) is 19.9 Å². The molecule has 3 rings (SSSR count). The first-order chi connectivity index (χ1) is 17.2. The highest BCUT2D eigenvalue weighted by Gasteiger charge is 2.35. The molecule has 1 N–H and O–H groups in total. The summed E-state index contributed by atoms with van der Waals surface area (Å²) in [6.45, 7) is 7.25. The lowest BCUT2D eigenvalue weighted by Crippen LogP contribution is -2.27. The normalized spacial score (nSPS) is 15.9. The molecule has 1 fully saturated rings. The van der Waals surface area contributed by atoms with Crippen LogP contribution in [0, 0.1) is 11.3 Å². The van der Waals surface area contributed by atoms with Gasteiger partial charge in [0.2, 0.25) is 0 Å². The van der Waals surface area contributed by atoms with Crippen molar-refractivity contribution < 1.29 is 27.4 Å². The molecule has 0 saturated carbocycles. The fourth-order valence-corrected chi connectivity index (χ4v) is 4.18. The maximum absolute atomic E-state index is 13.5. The maximum atomic E-state index is 13.5. The van der Waals surface area contributed by atoms with E-state index in [0.29, 0.717) is 22.8 Å². The third-order valence-corrected chi connectivity index (χ3v) is 6.18. The maximum Gasteiger partial charge on any atom is 0.420 e. The van der Waals surface area contributed by atoms with Crippen LogP contribution < -0.4 is 14.8 Å². The van der Waals surface area contributed by atoms with E-state index in [1.807, 2.05) is 0 Å². The number of thioether (sulfide) groups is 1. The van der Waals surface area contributed by atoms with Crippen LogP contribution in [0.3, 0.4) is 0 Å². The third kappa shape index (κ3) is 6.80. The number of nitriles is 1. The van der Waals surface area contributed by atoms with Gasteiger partial charge in [0, 0.05) is 6.54 Å². The van der Waals surface area contributed by atoms with Gasteiger partial charge in [0.1, 0.15) is 11.6 Å². The first-order valence-electron chi connectivity index (χ1n) is 11.1. The van der Waals surface area contributed by atoms with E-state index < -0.39 is 17.5 Å². The number of ether oxygens (including phenoxy) is 2. The standard InChI is InChI=1S/C25H25F3N4O3S/c1-4-32(5-2)11-10-30-23-22(36-24(33)31-23)14-16-6-9-20(21(13-16)34-3)35-19-8-7-17(15-29)12-18(19)25(26,27)28/h6-9,12-14H,4-5,10-11H2,1-3H3,(H,30,31,33). The van der Waals surface area contributed by atoms with Crippen LogP contribution in [0.4, 0.5) is 18.0 Å². The molecule has 11 heteroatoms. The van der Waals surface area contributed by atoms with Gasteiger partial charge in [0.25, 0.3) is 5.24 Å². The Labute approximate surface area is 211 Å². The third-order valence-electron chi connectivity index (χ3n) is 5.36. The Bertz CT molecular complexity index is 1220. The van der Waals surface area contributed by atoms with Crippen LogP contribution in [-0.4, -0.2) is 49.3 Å². The molecule has 0 aromatic heterocycles. The van der Waals surface area contributed by atoms with Gasteiger partial charge in [-0.05, 0) is 66.8 Å². The van der Waals surface area contributed by atoms with Crippen LogP contribution in [0.1, 0.15) is 30.5 Å². The lowest BCUT2D eigenvalue weighted by molar-refractivity contribution is -0.138. The highest BCUT2D eigenvalue weighted by molar-refractivity contribution is 8.18. The largest absolute Gasteiger partial charge is 0.493 e. The van der Waals surface area contributed by atoms with E-state index in [1.54, 1.807) is 24.3 Å². The molecular weight excluding hydrogens is 493 g/mol. The van der Waals surface area contributed by atoms with E-state index in [9.17, 15) is 18.0 Å². The molecule has 1 saturated heterocycles. The molecule has 0 atom stereocenters. The van der Waals surface area contributed by atoms with Crippen molar-refractivity contribution in [1.82, 2.24) is 10.2 Å². The minimum atomic E-state index is -4.71. The monoisotopic (exact) mass is 518 g/mol. The second-order valence-corrected chi connectivity index (χ2v) is 8.63. The van der Waals surface area contributed by atoms with E-state index in [4.69, 9.17) is 14.7 Å². The Morgan fingerprint density at radius 2 is 1.86 bits per heavy atom. The molecule has 7 nitrogen and oxygen atoms in total. The van der Waals surface area contributed by atoms with Gasteiger partial charge in [0.15, 0.2) is 11.5 Å². The summed E-state index contributed by atoms with van der Waals surface area (Å²) in [5, 5.41) is 11.4. The van der Waals surface area contributed by atoms with Crippen molar-refractivity contribution in [2.24, 2.45) is 4.99 Å². The molecule has 0 bridgehead atoms. The zero-order chi connectivity index (χ0) is 26.3. The Kier molecular flexibility index (Phi) is 9.01. The molecule has 0 unspecified atom stereocenters. The van der Waals surface area contributed by atoms with Crippen LogP contribution in [0.2, 0.25) is 0 Å². The van der Waals surface area contributed by atoms with E-state index in [1.165, 1.54) is 19.2 Å². The molecule has 1 aliphatic rings. The smallest absolute Gasteiger partial charge is 0.420 e. The minimum Gasteiger partial charge on any atom is -0.493 e. The second kappa shape index (κ2) is 12.0. The molecule has 2 aromatic carbocycles. The quantitative estimate of drug-likeness (QED) is 0.444. The molecular formula is C25H25F3N4O3S. The van der Waals surface area contributed by atoms with Crippen molar-refractivity contribution in [3.63, 3.8) is 0 Å². The molecule has 1 aliphatic heterocycles. The van der Waals surface area contributed by atoms with Gasteiger partial charge in [-0.2, -0.15) is 18.4 Å². The van der Waals surface area contributed by atoms with Crippen LogP contribution in [0.15, 0.2) is 46.3 Å². The number of halogens is 3. The zero-order valence-corrected chi connectivity index (χ0v) is 20.8. The van der Waals surface area contributed by atoms with Crippen LogP contribution in [0.25, 0.3) is 6.08 Å². The number of aliphatic imine (C=N–C) groups is 1. The summed E-state index contributed by atoms with van der Waals surface area (Å²) in [7, 11) is 1.37. The summed E-state index contributed by atoms with van der Waals surface area (Å²) in [5.74, 6) is 0.291. The molecule has 190 valence electrons. The lowest BCUT2D eigenvalue weighted by atomic mass is 10.1. The van der Waals surface area contributed by atoms with E-state index in [2.05, 4.69) is 29.1 Å². The Balaban J connectivity index is 1.86. The molecule has 0 radical (unpaired) electrons. The first kappa shape index (κ1) is 27.1. The SMILES string of the molecule is CCN(CC)CCN=C1NC(=O)SC1=Cc1ccc(Oc2ccc(C#N)cc2C(F)(F)F)c(OC)c1. The van der Waals surface area contributed by atoms with Crippen LogP contribution >= 0.6 is 11.8 Å². The highest BCUT2D eigenvalue weighted by Crippen LogP contribution is 2.41. The molecule has 36 heavy (non-hydrogen) atoms. The molecule has 1 amide bonds. The number of amides is 1. The summed E-state index contributed by atoms with van der Waals surface area (Å²) < 4.78 is 51.4. The number of likely N-dealkylation sites (N-methyl/N-ethyl adjacent to an activating group) is 1. The number of methoxy groups -OCH3 is 1. The predicted octanol–water partition coefficient (Wildman–Crippen LogP) is 5.92. The number of nitrogens with zero attached hydrogens (tertiary/aromatic N) is 3. The van der Waals surface area contributed by atoms with Crippen molar-refractivity contribution in [3.05, 3.63) is 58.0 Å². The summed E-state index contributed by atoms with van der Waals surface area (Å²) in [5.41, 5.74) is -0.548. The van der Waals surface area contributed by atoms with Crippen LogP contribution in [-0.2, 0) is 6.18 Å². The Morgan fingerprint density at radius 1 is 1.14 bits per heavy atom. The topological polar surface area (TPSA) is 87.0 Å². The average molecular weight is 519 g/mol. The number of rotatable bonds is 9. The van der Waals surface area contributed by atoms with Gasteiger partial charge < -0.3 is 19.7 Å².